The molecule has 0 saturated carbocycles. The molecule has 2 unspecified atom stereocenters. The molecule has 26 heavy (non-hydrogen) atoms. The number of amides is 2. The standard InChI is InChI=1S/C17H21N5O4/c23-15(19-11-2-1-3-12-17(11)18-10-26-12)8-13-20-14(9-16(24)21-13)22-4-6-25-7-5-22/h1-3,10,13-14,20H,4-9H2,(H,19,23)(H,21,24). The summed E-state index contributed by atoms with van der Waals surface area (Å²) in [6.45, 7) is 2.87. The topological polar surface area (TPSA) is 109 Å². The Balaban J connectivity index is 1.38. The van der Waals surface area contributed by atoms with Crippen molar-refractivity contribution in [3.05, 3.63) is 24.6 Å². The molecule has 9 nitrogen and oxygen atoms in total. The Morgan fingerprint density at radius 2 is 2.19 bits per heavy atom. The van der Waals surface area contributed by atoms with Gasteiger partial charge in [0.25, 0.3) is 0 Å². The molecule has 3 heterocycles. The van der Waals surface area contributed by atoms with E-state index in [9.17, 15) is 9.59 Å². The lowest BCUT2D eigenvalue weighted by molar-refractivity contribution is -0.128. The predicted octanol–water partition coefficient (Wildman–Crippen LogP) is 0.250. The Hall–Kier alpha value is -2.49. The average Bonchev–Trinajstić information content (AvgIpc) is 3.12. The summed E-state index contributed by atoms with van der Waals surface area (Å²) >= 11 is 0. The van der Waals surface area contributed by atoms with E-state index in [0.717, 1.165) is 13.1 Å². The van der Waals surface area contributed by atoms with Crippen LogP contribution >= 0.6 is 0 Å². The number of para-hydroxylation sites is 1. The van der Waals surface area contributed by atoms with Gasteiger partial charge in [-0.3, -0.25) is 19.8 Å². The van der Waals surface area contributed by atoms with E-state index >= 15 is 0 Å². The molecule has 138 valence electrons. The fourth-order valence-electron chi connectivity index (χ4n) is 3.37. The van der Waals surface area contributed by atoms with Crippen molar-refractivity contribution in [1.29, 1.82) is 0 Å². The number of ether oxygens (including phenoxy) is 1. The van der Waals surface area contributed by atoms with Gasteiger partial charge in [0.15, 0.2) is 12.0 Å². The molecule has 1 aromatic heterocycles. The molecular weight excluding hydrogens is 338 g/mol. The maximum absolute atomic E-state index is 12.4. The van der Waals surface area contributed by atoms with Crippen LogP contribution in [0.25, 0.3) is 11.1 Å². The molecule has 2 saturated heterocycles. The second-order valence-corrected chi connectivity index (χ2v) is 6.41. The molecule has 2 aromatic rings. The van der Waals surface area contributed by atoms with Gasteiger partial charge in [0, 0.05) is 13.1 Å². The van der Waals surface area contributed by atoms with Crippen molar-refractivity contribution < 1.29 is 18.7 Å². The number of fused-ring (bicyclic) bond motifs is 1. The van der Waals surface area contributed by atoms with Crippen molar-refractivity contribution in [2.75, 3.05) is 31.6 Å². The zero-order valence-corrected chi connectivity index (χ0v) is 14.2. The number of aromatic nitrogens is 1. The van der Waals surface area contributed by atoms with E-state index in [1.165, 1.54) is 6.39 Å². The minimum atomic E-state index is -0.416. The average molecular weight is 359 g/mol. The maximum Gasteiger partial charge on any atom is 0.227 e. The fraction of sp³-hybridized carbons (Fsp3) is 0.471. The fourth-order valence-corrected chi connectivity index (χ4v) is 3.37. The molecule has 0 aliphatic carbocycles. The van der Waals surface area contributed by atoms with Gasteiger partial charge in [0.05, 0.1) is 44.1 Å². The van der Waals surface area contributed by atoms with Crippen LogP contribution in [0.5, 0.6) is 0 Å². The van der Waals surface area contributed by atoms with Gasteiger partial charge in [-0.2, -0.15) is 0 Å². The molecule has 2 amide bonds. The molecule has 2 atom stereocenters. The number of rotatable bonds is 4. The van der Waals surface area contributed by atoms with E-state index in [1.54, 1.807) is 18.2 Å². The largest absolute Gasteiger partial charge is 0.443 e. The van der Waals surface area contributed by atoms with Gasteiger partial charge in [-0.15, -0.1) is 0 Å². The molecule has 2 aliphatic rings. The van der Waals surface area contributed by atoms with E-state index in [-0.39, 0.29) is 24.4 Å². The second kappa shape index (κ2) is 7.40. The number of benzene rings is 1. The summed E-state index contributed by atoms with van der Waals surface area (Å²) in [6.07, 6.45) is 1.35. The van der Waals surface area contributed by atoms with Crippen molar-refractivity contribution in [2.45, 2.75) is 25.2 Å². The van der Waals surface area contributed by atoms with Gasteiger partial charge in [-0.05, 0) is 12.1 Å². The molecule has 1 aromatic carbocycles. The smallest absolute Gasteiger partial charge is 0.227 e. The number of oxazole rings is 1. The van der Waals surface area contributed by atoms with E-state index < -0.39 is 6.17 Å². The second-order valence-electron chi connectivity index (χ2n) is 6.41. The Morgan fingerprint density at radius 1 is 1.35 bits per heavy atom. The number of anilines is 1. The molecule has 2 fully saturated rings. The van der Waals surface area contributed by atoms with Crippen LogP contribution in [0, 0.1) is 0 Å². The molecule has 3 N–H and O–H groups in total. The van der Waals surface area contributed by atoms with E-state index in [1.807, 2.05) is 0 Å². The van der Waals surface area contributed by atoms with Gasteiger partial charge in [0.1, 0.15) is 5.52 Å². The molecule has 0 bridgehead atoms. The van der Waals surface area contributed by atoms with Gasteiger partial charge in [-0.25, -0.2) is 4.98 Å². The van der Waals surface area contributed by atoms with Crippen molar-refractivity contribution in [2.24, 2.45) is 0 Å². The lowest BCUT2D eigenvalue weighted by atomic mass is 10.1. The van der Waals surface area contributed by atoms with E-state index in [2.05, 4.69) is 25.8 Å². The van der Waals surface area contributed by atoms with Crippen LogP contribution in [0.4, 0.5) is 5.69 Å². The highest BCUT2D eigenvalue weighted by Crippen LogP contribution is 2.21. The minimum absolute atomic E-state index is 0.0587. The number of hydrogen-bond donors (Lipinski definition) is 3. The third kappa shape index (κ3) is 3.69. The van der Waals surface area contributed by atoms with Crippen LogP contribution in [-0.2, 0) is 14.3 Å². The minimum Gasteiger partial charge on any atom is -0.443 e. The van der Waals surface area contributed by atoms with Crippen molar-refractivity contribution in [1.82, 2.24) is 20.5 Å². The molecule has 0 radical (unpaired) electrons. The van der Waals surface area contributed by atoms with Crippen molar-refractivity contribution in [3.8, 4) is 0 Å². The summed E-state index contributed by atoms with van der Waals surface area (Å²) in [4.78, 5) is 30.8. The van der Waals surface area contributed by atoms with E-state index in [4.69, 9.17) is 9.15 Å². The SMILES string of the molecule is O=C(CC1NC(=O)CC(N2CCOCC2)N1)Nc1cccc2ocnc12. The summed E-state index contributed by atoms with van der Waals surface area (Å²) < 4.78 is 10.6. The van der Waals surface area contributed by atoms with Crippen molar-refractivity contribution in [3.63, 3.8) is 0 Å². The highest BCUT2D eigenvalue weighted by atomic mass is 16.5. The zero-order valence-electron chi connectivity index (χ0n) is 14.2. The first kappa shape index (κ1) is 17.0. The molecule has 9 heteroatoms. The molecule has 4 rings (SSSR count). The molecule has 2 aliphatic heterocycles. The number of hydrogen-bond acceptors (Lipinski definition) is 7. The van der Waals surface area contributed by atoms with Crippen LogP contribution in [0.1, 0.15) is 12.8 Å². The summed E-state index contributed by atoms with van der Waals surface area (Å²) in [5.74, 6) is -0.266. The number of carbonyl (C=O) groups excluding carboxylic acids is 2. The van der Waals surface area contributed by atoms with E-state index in [0.29, 0.717) is 36.4 Å². The lowest BCUT2D eigenvalue weighted by Gasteiger charge is -2.40. The van der Waals surface area contributed by atoms with Gasteiger partial charge >= 0.3 is 0 Å². The highest BCUT2D eigenvalue weighted by Gasteiger charge is 2.31. The Morgan fingerprint density at radius 3 is 3.04 bits per heavy atom. The van der Waals surface area contributed by atoms with Crippen LogP contribution in [0.3, 0.4) is 0 Å². The zero-order chi connectivity index (χ0) is 17.9. The third-order valence-corrected chi connectivity index (χ3v) is 4.62. The first-order chi connectivity index (χ1) is 12.7. The number of nitrogens with one attached hydrogen (secondary N) is 3. The first-order valence-electron chi connectivity index (χ1n) is 8.68. The maximum atomic E-state index is 12.4. The molecule has 0 spiro atoms. The number of carbonyl (C=O) groups is 2. The van der Waals surface area contributed by atoms with Gasteiger partial charge in [-0.1, -0.05) is 6.07 Å². The van der Waals surface area contributed by atoms with Crippen LogP contribution in [0.15, 0.2) is 29.0 Å². The quantitative estimate of drug-likeness (QED) is 0.718. The monoisotopic (exact) mass is 359 g/mol. The summed E-state index contributed by atoms with van der Waals surface area (Å²) in [5.41, 5.74) is 1.81. The van der Waals surface area contributed by atoms with Crippen molar-refractivity contribution >= 4 is 28.6 Å². The number of morpholine rings is 1. The predicted molar refractivity (Wildman–Crippen MR) is 93.1 cm³/mol. The summed E-state index contributed by atoms with van der Waals surface area (Å²) in [5, 5.41) is 9.02. The third-order valence-electron chi connectivity index (χ3n) is 4.62. The van der Waals surface area contributed by atoms with Crippen LogP contribution in [0.2, 0.25) is 0 Å². The molecular formula is C17H21N5O4. The summed E-state index contributed by atoms with van der Waals surface area (Å²) in [6, 6.07) is 5.35. The summed E-state index contributed by atoms with van der Waals surface area (Å²) in [7, 11) is 0. The van der Waals surface area contributed by atoms with Gasteiger partial charge < -0.3 is 19.8 Å². The normalized spacial score (nSPS) is 24.4. The first-order valence-corrected chi connectivity index (χ1v) is 8.68. The Labute approximate surface area is 150 Å². The number of nitrogens with zero attached hydrogens (tertiary/aromatic N) is 2. The van der Waals surface area contributed by atoms with Crippen LogP contribution in [-0.4, -0.2) is 60.3 Å². The Kier molecular flexibility index (Phi) is 4.83. The lowest BCUT2D eigenvalue weighted by Crippen LogP contribution is -2.63. The Bertz CT molecular complexity index is 801. The highest BCUT2D eigenvalue weighted by molar-refractivity contribution is 5.99. The van der Waals surface area contributed by atoms with Crippen LogP contribution < -0.4 is 16.0 Å². The van der Waals surface area contributed by atoms with Gasteiger partial charge in [0.2, 0.25) is 11.8 Å².